The number of anilines is 1. The molecule has 0 aliphatic heterocycles. The van der Waals surface area contributed by atoms with E-state index in [1.165, 1.54) is 6.20 Å². The Morgan fingerprint density at radius 2 is 2.05 bits per heavy atom. The Morgan fingerprint density at radius 3 is 2.57 bits per heavy atom. The van der Waals surface area contributed by atoms with Gasteiger partial charge in [0.25, 0.3) is 5.91 Å². The number of nitrogens with two attached hydrogens (primary N) is 1. The highest BCUT2D eigenvalue weighted by molar-refractivity contribution is 5.97. The van der Waals surface area contributed by atoms with E-state index in [2.05, 4.69) is 23.8 Å². The molecule has 1 rings (SSSR count). The minimum absolute atomic E-state index is 0.148. The van der Waals surface area contributed by atoms with Crippen molar-refractivity contribution in [3.05, 3.63) is 17.7 Å². The van der Waals surface area contributed by atoms with Crippen molar-refractivity contribution in [2.45, 2.75) is 33.6 Å². The largest absolute Gasteiger partial charge is 0.396 e. The molecule has 1 heterocycles. The summed E-state index contributed by atoms with van der Waals surface area (Å²) in [5, 5.41) is 0. The Hall–Kier alpha value is -1.69. The van der Waals surface area contributed by atoms with Crippen molar-refractivity contribution >= 4 is 11.6 Å². The molecular weight excluding hydrogens is 268 g/mol. The zero-order valence-electron chi connectivity index (χ0n) is 13.6. The molecule has 1 aromatic heterocycles. The molecule has 0 aromatic carbocycles. The van der Waals surface area contributed by atoms with Crippen molar-refractivity contribution in [2.75, 3.05) is 32.5 Å². The smallest absolute Gasteiger partial charge is 0.274 e. The van der Waals surface area contributed by atoms with Crippen molar-refractivity contribution in [2.24, 2.45) is 5.92 Å². The van der Waals surface area contributed by atoms with Gasteiger partial charge in [0.05, 0.1) is 18.5 Å². The lowest BCUT2D eigenvalue weighted by Crippen LogP contribution is -2.37. The van der Waals surface area contributed by atoms with Gasteiger partial charge in [-0.05, 0) is 5.92 Å². The number of nitrogen functional groups attached to an aromatic ring is 1. The Bertz CT molecular complexity index is 475. The topological polar surface area (TPSA) is 81.3 Å². The van der Waals surface area contributed by atoms with Crippen LogP contribution in [0.25, 0.3) is 0 Å². The summed E-state index contributed by atoms with van der Waals surface area (Å²) in [6.07, 6.45) is 1.51. The molecule has 0 unspecified atom stereocenters. The van der Waals surface area contributed by atoms with E-state index in [1.807, 2.05) is 13.8 Å². The fourth-order valence-electron chi connectivity index (χ4n) is 1.92. The fraction of sp³-hybridized carbons (Fsp3) is 0.667. The lowest BCUT2D eigenvalue weighted by atomic mass is 10.1. The molecule has 0 aliphatic rings. The third-order valence-corrected chi connectivity index (χ3v) is 2.99. The second-order valence-corrected chi connectivity index (χ2v) is 5.82. The first kappa shape index (κ1) is 17.4. The number of rotatable bonds is 7. The summed E-state index contributed by atoms with van der Waals surface area (Å²) < 4.78 is 5.07. The molecule has 0 bridgehead atoms. The zero-order chi connectivity index (χ0) is 16.0. The van der Waals surface area contributed by atoms with Gasteiger partial charge in [0.15, 0.2) is 5.69 Å². The lowest BCUT2D eigenvalue weighted by Gasteiger charge is -2.24. The molecule has 0 fully saturated rings. The highest BCUT2D eigenvalue weighted by Crippen LogP contribution is 2.16. The monoisotopic (exact) mass is 294 g/mol. The number of methoxy groups -OCH3 is 1. The van der Waals surface area contributed by atoms with Crippen molar-refractivity contribution in [3.63, 3.8) is 0 Å². The molecule has 6 heteroatoms. The van der Waals surface area contributed by atoms with Crippen LogP contribution in [0.15, 0.2) is 6.20 Å². The molecule has 1 aromatic rings. The van der Waals surface area contributed by atoms with E-state index in [1.54, 1.807) is 12.0 Å². The number of ether oxygens (including phenoxy) is 1. The molecule has 118 valence electrons. The third kappa shape index (κ3) is 4.97. The lowest BCUT2D eigenvalue weighted by molar-refractivity contribution is 0.0667. The number of carbonyl (C=O) groups excluding carboxylic acids is 1. The van der Waals surface area contributed by atoms with Crippen LogP contribution in [0.2, 0.25) is 0 Å². The van der Waals surface area contributed by atoms with E-state index in [0.29, 0.717) is 37.1 Å². The Morgan fingerprint density at radius 1 is 1.38 bits per heavy atom. The SMILES string of the molecule is COCCN(CC(C)C)C(=O)c1nc(C(C)C)ncc1N. The summed E-state index contributed by atoms with van der Waals surface area (Å²) in [6.45, 7) is 9.75. The molecule has 0 aliphatic carbocycles. The van der Waals surface area contributed by atoms with E-state index >= 15 is 0 Å². The maximum absolute atomic E-state index is 12.7. The van der Waals surface area contributed by atoms with E-state index in [-0.39, 0.29) is 17.5 Å². The van der Waals surface area contributed by atoms with Crippen LogP contribution >= 0.6 is 0 Å². The van der Waals surface area contributed by atoms with E-state index in [4.69, 9.17) is 10.5 Å². The first-order valence-electron chi connectivity index (χ1n) is 7.27. The average molecular weight is 294 g/mol. The van der Waals surface area contributed by atoms with Gasteiger partial charge in [-0.15, -0.1) is 0 Å². The molecule has 0 spiro atoms. The van der Waals surface area contributed by atoms with Gasteiger partial charge in [-0.2, -0.15) is 0 Å². The molecule has 2 N–H and O–H groups in total. The van der Waals surface area contributed by atoms with Gasteiger partial charge in [0.2, 0.25) is 0 Å². The van der Waals surface area contributed by atoms with E-state index in [9.17, 15) is 4.79 Å². The number of amides is 1. The van der Waals surface area contributed by atoms with Gasteiger partial charge < -0.3 is 15.4 Å². The molecule has 1 amide bonds. The normalized spacial score (nSPS) is 11.2. The van der Waals surface area contributed by atoms with E-state index in [0.717, 1.165) is 0 Å². The quantitative estimate of drug-likeness (QED) is 0.831. The van der Waals surface area contributed by atoms with Crippen LogP contribution in [-0.2, 0) is 4.74 Å². The number of carbonyl (C=O) groups is 1. The standard InChI is InChI=1S/C15H26N4O2/c1-10(2)9-19(6-7-21-5)15(20)13-12(16)8-17-14(18-13)11(3)4/h8,10-11H,6-7,9,16H2,1-5H3. The fourth-order valence-corrected chi connectivity index (χ4v) is 1.92. The summed E-state index contributed by atoms with van der Waals surface area (Å²) >= 11 is 0. The maximum Gasteiger partial charge on any atom is 0.274 e. The van der Waals surface area contributed by atoms with Crippen molar-refractivity contribution in [3.8, 4) is 0 Å². The van der Waals surface area contributed by atoms with Gasteiger partial charge in [-0.1, -0.05) is 27.7 Å². The minimum atomic E-state index is -0.164. The predicted molar refractivity (Wildman–Crippen MR) is 83.2 cm³/mol. The van der Waals surface area contributed by atoms with Crippen LogP contribution in [0.1, 0.15) is 49.9 Å². The molecule has 6 nitrogen and oxygen atoms in total. The molecule has 0 atom stereocenters. The minimum Gasteiger partial charge on any atom is -0.396 e. The first-order chi connectivity index (χ1) is 9.86. The van der Waals surface area contributed by atoms with Gasteiger partial charge in [-0.25, -0.2) is 9.97 Å². The van der Waals surface area contributed by atoms with Crippen LogP contribution in [0, 0.1) is 5.92 Å². The molecule has 21 heavy (non-hydrogen) atoms. The molecular formula is C15H26N4O2. The Kier molecular flexibility index (Phi) is 6.55. The van der Waals surface area contributed by atoms with Gasteiger partial charge in [0.1, 0.15) is 5.82 Å². The van der Waals surface area contributed by atoms with Crippen LogP contribution in [0.3, 0.4) is 0 Å². The molecule has 0 saturated heterocycles. The van der Waals surface area contributed by atoms with Crippen LogP contribution in [-0.4, -0.2) is 47.6 Å². The summed E-state index contributed by atoms with van der Waals surface area (Å²) in [5.41, 5.74) is 6.48. The third-order valence-electron chi connectivity index (χ3n) is 2.99. The second kappa shape index (κ2) is 7.93. The highest BCUT2D eigenvalue weighted by atomic mass is 16.5. The van der Waals surface area contributed by atoms with Crippen molar-refractivity contribution in [1.82, 2.24) is 14.9 Å². The summed E-state index contributed by atoms with van der Waals surface area (Å²) in [4.78, 5) is 22.9. The summed E-state index contributed by atoms with van der Waals surface area (Å²) in [6, 6.07) is 0. The maximum atomic E-state index is 12.7. The van der Waals surface area contributed by atoms with Gasteiger partial charge in [-0.3, -0.25) is 4.79 Å². The number of hydrogen-bond donors (Lipinski definition) is 1. The van der Waals surface area contributed by atoms with Crippen LogP contribution in [0.5, 0.6) is 0 Å². The second-order valence-electron chi connectivity index (χ2n) is 5.82. The van der Waals surface area contributed by atoms with Crippen LogP contribution < -0.4 is 5.73 Å². The summed E-state index contributed by atoms with van der Waals surface area (Å²) in [5.74, 6) is 0.972. The zero-order valence-corrected chi connectivity index (χ0v) is 13.6. The van der Waals surface area contributed by atoms with Gasteiger partial charge >= 0.3 is 0 Å². The van der Waals surface area contributed by atoms with Gasteiger partial charge in [0, 0.05) is 26.1 Å². The predicted octanol–water partition coefficient (Wildman–Crippen LogP) is 1.93. The molecule has 0 radical (unpaired) electrons. The van der Waals surface area contributed by atoms with E-state index < -0.39 is 0 Å². The van der Waals surface area contributed by atoms with Crippen LogP contribution in [0.4, 0.5) is 5.69 Å². The summed E-state index contributed by atoms with van der Waals surface area (Å²) in [7, 11) is 1.62. The Labute approximate surface area is 126 Å². The average Bonchev–Trinajstić information content (AvgIpc) is 2.42. The highest BCUT2D eigenvalue weighted by Gasteiger charge is 2.21. The Balaban J connectivity index is 3.03. The number of hydrogen-bond acceptors (Lipinski definition) is 5. The van der Waals surface area contributed by atoms with Crippen molar-refractivity contribution in [1.29, 1.82) is 0 Å². The first-order valence-corrected chi connectivity index (χ1v) is 7.27. The number of nitrogens with zero attached hydrogens (tertiary/aromatic N) is 3. The van der Waals surface area contributed by atoms with Crippen molar-refractivity contribution < 1.29 is 9.53 Å². The number of aromatic nitrogens is 2. The molecule has 0 saturated carbocycles.